The highest BCUT2D eigenvalue weighted by Crippen LogP contribution is 2.32. The highest BCUT2D eigenvalue weighted by atomic mass is 79.9. The Morgan fingerprint density at radius 2 is 2.05 bits per heavy atom. The summed E-state index contributed by atoms with van der Waals surface area (Å²) in [6, 6.07) is 9.59. The molecule has 0 aliphatic rings. The smallest absolute Gasteiger partial charge is 0.148 e. The summed E-state index contributed by atoms with van der Waals surface area (Å²) in [7, 11) is 0. The molecule has 5 heteroatoms. The second-order valence-electron chi connectivity index (χ2n) is 4.47. The summed E-state index contributed by atoms with van der Waals surface area (Å²) < 4.78 is 12.6. The van der Waals surface area contributed by atoms with Gasteiger partial charge in [0, 0.05) is 26.8 Å². The number of benzene rings is 1. The van der Waals surface area contributed by atoms with E-state index < -0.39 is 0 Å². The minimum atomic E-state index is -0.164. The van der Waals surface area contributed by atoms with Crippen molar-refractivity contribution < 1.29 is 9.47 Å². The minimum absolute atomic E-state index is 0.101. The molecule has 20 heavy (non-hydrogen) atoms. The molecule has 0 bridgehead atoms. The highest BCUT2D eigenvalue weighted by Gasteiger charge is 2.20. The van der Waals surface area contributed by atoms with Gasteiger partial charge in [-0.05, 0) is 48.0 Å². The Kier molecular flexibility index (Phi) is 5.46. The van der Waals surface area contributed by atoms with Crippen molar-refractivity contribution in [3.8, 4) is 11.5 Å². The molecule has 1 aromatic carbocycles. The molecule has 0 amide bonds. The van der Waals surface area contributed by atoms with Crippen LogP contribution in [0, 0.1) is 0 Å². The molecule has 0 aliphatic heterocycles. The average molecular weight is 356 g/mol. The number of nitrogens with two attached hydrogens (primary N) is 1. The van der Waals surface area contributed by atoms with E-state index in [1.807, 2.05) is 49.6 Å². The van der Waals surface area contributed by atoms with Crippen molar-refractivity contribution in [2.45, 2.75) is 26.0 Å². The molecular weight excluding hydrogens is 338 g/mol. The van der Waals surface area contributed by atoms with E-state index in [0.29, 0.717) is 6.61 Å². The summed E-state index contributed by atoms with van der Waals surface area (Å²) in [4.78, 5) is 1.11. The van der Waals surface area contributed by atoms with Gasteiger partial charge in [0.25, 0.3) is 0 Å². The Bertz CT molecular complexity index is 556. The Balaban J connectivity index is 2.18. The van der Waals surface area contributed by atoms with Crippen molar-refractivity contribution in [2.24, 2.45) is 5.73 Å². The van der Waals surface area contributed by atoms with Gasteiger partial charge in [0.1, 0.15) is 17.6 Å². The van der Waals surface area contributed by atoms with Crippen LogP contribution in [0.4, 0.5) is 0 Å². The molecule has 0 saturated carbocycles. The van der Waals surface area contributed by atoms with Crippen LogP contribution in [0.5, 0.6) is 11.5 Å². The average Bonchev–Trinajstić information content (AvgIpc) is 2.83. The molecule has 0 fully saturated rings. The Morgan fingerprint density at radius 3 is 2.65 bits per heavy atom. The quantitative estimate of drug-likeness (QED) is 0.836. The standard InChI is InChI=1S/C15H18BrNO2S/c1-3-18-12-5-4-6-13(8-12)19-15(10(2)17)14-7-11(16)9-20-14/h4-10,15H,3,17H2,1-2H3. The van der Waals surface area contributed by atoms with E-state index in [9.17, 15) is 0 Å². The van der Waals surface area contributed by atoms with Gasteiger partial charge in [-0.25, -0.2) is 0 Å². The first kappa shape index (κ1) is 15.4. The lowest BCUT2D eigenvalue weighted by Crippen LogP contribution is -2.28. The van der Waals surface area contributed by atoms with Crippen LogP contribution in [-0.4, -0.2) is 12.6 Å². The maximum absolute atomic E-state index is 6.06. The molecule has 3 nitrogen and oxygen atoms in total. The number of ether oxygens (including phenoxy) is 2. The van der Waals surface area contributed by atoms with E-state index in [2.05, 4.69) is 15.9 Å². The van der Waals surface area contributed by atoms with Crippen LogP contribution >= 0.6 is 27.3 Å². The van der Waals surface area contributed by atoms with Crippen molar-refractivity contribution in [3.63, 3.8) is 0 Å². The first-order valence-electron chi connectivity index (χ1n) is 6.49. The second-order valence-corrected chi connectivity index (χ2v) is 6.33. The largest absolute Gasteiger partial charge is 0.494 e. The van der Waals surface area contributed by atoms with Crippen LogP contribution in [0.25, 0.3) is 0 Å². The van der Waals surface area contributed by atoms with E-state index in [0.717, 1.165) is 20.8 Å². The lowest BCUT2D eigenvalue weighted by molar-refractivity contribution is 0.183. The zero-order chi connectivity index (χ0) is 14.5. The normalized spacial score (nSPS) is 13.8. The topological polar surface area (TPSA) is 44.5 Å². The lowest BCUT2D eigenvalue weighted by atomic mass is 10.1. The lowest BCUT2D eigenvalue weighted by Gasteiger charge is -2.21. The zero-order valence-electron chi connectivity index (χ0n) is 11.5. The molecule has 0 saturated heterocycles. The maximum Gasteiger partial charge on any atom is 0.148 e. The van der Waals surface area contributed by atoms with E-state index in [4.69, 9.17) is 15.2 Å². The summed E-state index contributed by atoms with van der Waals surface area (Å²) in [5.74, 6) is 1.57. The highest BCUT2D eigenvalue weighted by molar-refractivity contribution is 9.10. The summed E-state index contributed by atoms with van der Waals surface area (Å²) in [6.07, 6.45) is -0.164. The Labute approximate surface area is 131 Å². The number of thiophene rings is 1. The molecular formula is C15H18BrNO2S. The number of hydrogen-bond acceptors (Lipinski definition) is 4. The van der Waals surface area contributed by atoms with Gasteiger partial charge < -0.3 is 15.2 Å². The van der Waals surface area contributed by atoms with Gasteiger partial charge in [0.2, 0.25) is 0 Å². The predicted molar refractivity (Wildman–Crippen MR) is 86.6 cm³/mol. The van der Waals surface area contributed by atoms with E-state index in [1.54, 1.807) is 11.3 Å². The molecule has 1 aromatic heterocycles. The fourth-order valence-electron chi connectivity index (χ4n) is 1.85. The van der Waals surface area contributed by atoms with E-state index >= 15 is 0 Å². The summed E-state index contributed by atoms with van der Waals surface area (Å²) in [5, 5.41) is 2.03. The van der Waals surface area contributed by atoms with Crippen molar-refractivity contribution in [3.05, 3.63) is 45.1 Å². The number of rotatable bonds is 6. The van der Waals surface area contributed by atoms with Crippen LogP contribution < -0.4 is 15.2 Å². The third kappa shape index (κ3) is 3.98. The first-order chi connectivity index (χ1) is 9.60. The third-order valence-corrected chi connectivity index (χ3v) is 4.48. The predicted octanol–water partition coefficient (Wildman–Crippen LogP) is 4.38. The van der Waals surface area contributed by atoms with E-state index in [-0.39, 0.29) is 12.1 Å². The molecule has 108 valence electrons. The van der Waals surface area contributed by atoms with Crippen LogP contribution in [0.1, 0.15) is 24.8 Å². The zero-order valence-corrected chi connectivity index (χ0v) is 13.9. The fraction of sp³-hybridized carbons (Fsp3) is 0.333. The molecule has 2 aromatic rings. The second kappa shape index (κ2) is 7.11. The van der Waals surface area contributed by atoms with Gasteiger partial charge in [0.15, 0.2) is 0 Å². The third-order valence-electron chi connectivity index (χ3n) is 2.73. The molecule has 2 unspecified atom stereocenters. The van der Waals surface area contributed by atoms with Crippen molar-refractivity contribution in [2.75, 3.05) is 6.61 Å². The molecule has 0 spiro atoms. The van der Waals surface area contributed by atoms with Gasteiger partial charge in [-0.1, -0.05) is 6.07 Å². The summed E-state index contributed by atoms with van der Waals surface area (Å²) in [6.45, 7) is 4.55. The Hall–Kier alpha value is -1.04. The molecule has 0 radical (unpaired) electrons. The molecule has 1 heterocycles. The number of hydrogen-bond donors (Lipinski definition) is 1. The van der Waals surface area contributed by atoms with E-state index in [1.165, 1.54) is 0 Å². The van der Waals surface area contributed by atoms with Crippen molar-refractivity contribution in [1.29, 1.82) is 0 Å². The monoisotopic (exact) mass is 355 g/mol. The summed E-state index contributed by atoms with van der Waals surface area (Å²) in [5.41, 5.74) is 6.06. The van der Waals surface area contributed by atoms with Gasteiger partial charge in [0.05, 0.1) is 6.61 Å². The first-order valence-corrected chi connectivity index (χ1v) is 8.16. The summed E-state index contributed by atoms with van der Waals surface area (Å²) >= 11 is 5.10. The fourth-order valence-corrected chi connectivity index (χ4v) is 3.44. The van der Waals surface area contributed by atoms with Crippen LogP contribution in [0.2, 0.25) is 0 Å². The van der Waals surface area contributed by atoms with Crippen molar-refractivity contribution in [1.82, 2.24) is 0 Å². The Morgan fingerprint density at radius 1 is 1.30 bits per heavy atom. The maximum atomic E-state index is 6.06. The molecule has 2 rings (SSSR count). The molecule has 2 N–H and O–H groups in total. The molecule has 0 aliphatic carbocycles. The van der Waals surface area contributed by atoms with Crippen LogP contribution in [-0.2, 0) is 0 Å². The van der Waals surface area contributed by atoms with Gasteiger partial charge in [-0.15, -0.1) is 11.3 Å². The van der Waals surface area contributed by atoms with Crippen LogP contribution in [0.3, 0.4) is 0 Å². The molecule has 2 atom stereocenters. The van der Waals surface area contributed by atoms with Gasteiger partial charge >= 0.3 is 0 Å². The van der Waals surface area contributed by atoms with Crippen molar-refractivity contribution >= 4 is 27.3 Å². The SMILES string of the molecule is CCOc1cccc(OC(c2cc(Br)cs2)C(C)N)c1. The van der Waals surface area contributed by atoms with Gasteiger partial charge in [-0.2, -0.15) is 0 Å². The minimum Gasteiger partial charge on any atom is -0.494 e. The number of halogens is 1. The van der Waals surface area contributed by atoms with Gasteiger partial charge in [-0.3, -0.25) is 0 Å². The van der Waals surface area contributed by atoms with Crippen LogP contribution in [0.15, 0.2) is 40.2 Å².